The minimum Gasteiger partial charge on any atom is -0.382 e. The van der Waals surface area contributed by atoms with Gasteiger partial charge in [-0.3, -0.25) is 4.79 Å². The van der Waals surface area contributed by atoms with Crippen molar-refractivity contribution < 1.29 is 4.79 Å². The summed E-state index contributed by atoms with van der Waals surface area (Å²) in [4.78, 5) is 19.1. The summed E-state index contributed by atoms with van der Waals surface area (Å²) in [6.07, 6.45) is 3.41. The minimum atomic E-state index is -0.219. The van der Waals surface area contributed by atoms with Crippen LogP contribution in [0.15, 0.2) is 12.4 Å². The van der Waals surface area contributed by atoms with Gasteiger partial charge >= 0.3 is 0 Å². The third kappa shape index (κ3) is 3.22. The summed E-state index contributed by atoms with van der Waals surface area (Å²) >= 11 is 1.16. The van der Waals surface area contributed by atoms with Crippen molar-refractivity contribution in [2.45, 2.75) is 26.4 Å². The fourth-order valence-electron chi connectivity index (χ4n) is 1.54. The maximum absolute atomic E-state index is 12.0. The Hall–Kier alpha value is -2.09. The zero-order valence-corrected chi connectivity index (χ0v) is 11.5. The van der Waals surface area contributed by atoms with E-state index in [-0.39, 0.29) is 17.8 Å². The van der Waals surface area contributed by atoms with Gasteiger partial charge < -0.3 is 21.4 Å². The van der Waals surface area contributed by atoms with Gasteiger partial charge in [-0.2, -0.15) is 4.37 Å². The number of H-pyrrole nitrogens is 1. The highest BCUT2D eigenvalue weighted by molar-refractivity contribution is 7.11. The van der Waals surface area contributed by atoms with Gasteiger partial charge in [0.15, 0.2) is 5.82 Å². The van der Waals surface area contributed by atoms with Crippen LogP contribution in [0.4, 0.5) is 10.8 Å². The second-order valence-electron chi connectivity index (χ2n) is 4.29. The number of nitrogens with two attached hydrogens (primary N) is 1. The number of nitrogens with zero attached hydrogens (tertiary/aromatic N) is 2. The van der Waals surface area contributed by atoms with Crippen LogP contribution in [0.2, 0.25) is 0 Å². The standard InChI is InChI=1S/C11H16N6OS/c1-6(2)16-10(18)8-9(12)17-19-11(8)15-5-7-13-3-4-14-7/h3-4,6,15H,5H2,1-2H3,(H2,12,17)(H,13,14)(H,16,18). The molecule has 0 saturated heterocycles. The smallest absolute Gasteiger partial charge is 0.258 e. The molecule has 2 aromatic rings. The maximum atomic E-state index is 12.0. The van der Waals surface area contributed by atoms with E-state index in [0.29, 0.717) is 17.1 Å². The molecule has 0 spiro atoms. The number of carbonyl (C=O) groups excluding carboxylic acids is 1. The van der Waals surface area contributed by atoms with Crippen LogP contribution in [0.5, 0.6) is 0 Å². The Morgan fingerprint density at radius 2 is 2.37 bits per heavy atom. The van der Waals surface area contributed by atoms with E-state index in [4.69, 9.17) is 5.73 Å². The first-order valence-corrected chi connectivity index (χ1v) is 6.63. The molecule has 0 aliphatic rings. The average Bonchev–Trinajstić information content (AvgIpc) is 2.94. The molecule has 2 rings (SSSR count). The number of aromatic amines is 1. The molecule has 1 amide bonds. The van der Waals surface area contributed by atoms with Crippen LogP contribution < -0.4 is 16.4 Å². The second-order valence-corrected chi connectivity index (χ2v) is 5.06. The molecule has 0 fully saturated rings. The Bertz CT molecular complexity index is 548. The Balaban J connectivity index is 2.10. The zero-order chi connectivity index (χ0) is 13.8. The Kier molecular flexibility index (Phi) is 4.00. The second kappa shape index (κ2) is 5.70. The van der Waals surface area contributed by atoms with Gasteiger partial charge in [0.1, 0.15) is 16.4 Å². The third-order valence-corrected chi connectivity index (χ3v) is 3.16. The molecule has 19 heavy (non-hydrogen) atoms. The highest BCUT2D eigenvalue weighted by Gasteiger charge is 2.19. The molecule has 0 aliphatic carbocycles. The van der Waals surface area contributed by atoms with E-state index in [1.165, 1.54) is 0 Å². The van der Waals surface area contributed by atoms with E-state index in [1.54, 1.807) is 12.4 Å². The van der Waals surface area contributed by atoms with E-state index >= 15 is 0 Å². The summed E-state index contributed by atoms with van der Waals surface area (Å²) in [5.74, 6) is 0.801. The van der Waals surface area contributed by atoms with Crippen LogP contribution in [0.1, 0.15) is 30.0 Å². The van der Waals surface area contributed by atoms with Crippen LogP contribution in [0.25, 0.3) is 0 Å². The van der Waals surface area contributed by atoms with Crippen molar-refractivity contribution in [3.05, 3.63) is 23.8 Å². The number of hydrogen-bond donors (Lipinski definition) is 4. The number of nitrogen functional groups attached to an aromatic ring is 1. The third-order valence-electron chi connectivity index (χ3n) is 2.34. The van der Waals surface area contributed by atoms with Crippen molar-refractivity contribution in [1.82, 2.24) is 19.7 Å². The number of carbonyl (C=O) groups is 1. The van der Waals surface area contributed by atoms with Crippen molar-refractivity contribution in [1.29, 1.82) is 0 Å². The van der Waals surface area contributed by atoms with Gasteiger partial charge in [-0.25, -0.2) is 4.98 Å². The minimum absolute atomic E-state index is 0.0460. The molecule has 7 nitrogen and oxygen atoms in total. The molecule has 0 atom stereocenters. The maximum Gasteiger partial charge on any atom is 0.258 e. The zero-order valence-electron chi connectivity index (χ0n) is 10.7. The quantitative estimate of drug-likeness (QED) is 0.658. The monoisotopic (exact) mass is 280 g/mol. The summed E-state index contributed by atoms with van der Waals surface area (Å²) in [7, 11) is 0. The Morgan fingerprint density at radius 3 is 3.00 bits per heavy atom. The Morgan fingerprint density at radius 1 is 1.58 bits per heavy atom. The molecule has 0 radical (unpaired) electrons. The van der Waals surface area contributed by atoms with E-state index < -0.39 is 0 Å². The van der Waals surface area contributed by atoms with Gasteiger partial charge in [-0.1, -0.05) is 0 Å². The van der Waals surface area contributed by atoms with Crippen LogP contribution in [0, 0.1) is 0 Å². The van der Waals surface area contributed by atoms with Gasteiger partial charge in [0.2, 0.25) is 0 Å². The van der Waals surface area contributed by atoms with Crippen molar-refractivity contribution in [2.75, 3.05) is 11.1 Å². The molecule has 8 heteroatoms. The van der Waals surface area contributed by atoms with Gasteiger partial charge in [0, 0.05) is 18.4 Å². The number of anilines is 2. The molecule has 102 valence electrons. The molecule has 0 aromatic carbocycles. The van der Waals surface area contributed by atoms with Crippen molar-refractivity contribution in [3.63, 3.8) is 0 Å². The number of imidazole rings is 1. The molecule has 2 heterocycles. The largest absolute Gasteiger partial charge is 0.382 e. The number of nitrogens with one attached hydrogen (secondary N) is 3. The summed E-state index contributed by atoms with van der Waals surface area (Å²) < 4.78 is 4.01. The molecule has 2 aromatic heterocycles. The summed E-state index contributed by atoms with van der Waals surface area (Å²) in [5.41, 5.74) is 6.14. The van der Waals surface area contributed by atoms with Crippen LogP contribution in [0.3, 0.4) is 0 Å². The average molecular weight is 280 g/mol. The fraction of sp³-hybridized carbons (Fsp3) is 0.364. The van der Waals surface area contributed by atoms with Gasteiger partial charge in [-0.05, 0) is 25.4 Å². The highest BCUT2D eigenvalue weighted by atomic mass is 32.1. The van der Waals surface area contributed by atoms with E-state index in [0.717, 1.165) is 17.4 Å². The first-order valence-electron chi connectivity index (χ1n) is 5.86. The summed E-state index contributed by atoms with van der Waals surface area (Å²) in [6.45, 7) is 4.27. The molecule has 5 N–H and O–H groups in total. The lowest BCUT2D eigenvalue weighted by atomic mass is 10.2. The van der Waals surface area contributed by atoms with Crippen LogP contribution in [-0.4, -0.2) is 26.3 Å². The van der Waals surface area contributed by atoms with E-state index in [2.05, 4.69) is 25.0 Å². The van der Waals surface area contributed by atoms with Crippen molar-refractivity contribution in [3.8, 4) is 0 Å². The van der Waals surface area contributed by atoms with Gasteiger partial charge in [0.25, 0.3) is 5.91 Å². The van der Waals surface area contributed by atoms with Crippen LogP contribution >= 0.6 is 11.5 Å². The number of rotatable bonds is 5. The molecule has 0 bridgehead atoms. The topological polar surface area (TPSA) is 109 Å². The number of hydrogen-bond acceptors (Lipinski definition) is 6. The van der Waals surface area contributed by atoms with Crippen molar-refractivity contribution in [2.24, 2.45) is 0 Å². The lowest BCUT2D eigenvalue weighted by Gasteiger charge is -2.09. The lowest BCUT2D eigenvalue weighted by molar-refractivity contribution is 0.0945. The van der Waals surface area contributed by atoms with Crippen molar-refractivity contribution >= 4 is 28.3 Å². The molecular weight excluding hydrogens is 264 g/mol. The molecule has 0 aliphatic heterocycles. The van der Waals surface area contributed by atoms with Crippen LogP contribution in [-0.2, 0) is 6.54 Å². The van der Waals surface area contributed by atoms with E-state index in [1.807, 2.05) is 13.8 Å². The molecule has 0 saturated carbocycles. The Labute approximate surface area is 114 Å². The number of aromatic nitrogens is 3. The van der Waals surface area contributed by atoms with E-state index in [9.17, 15) is 4.79 Å². The molecular formula is C11H16N6OS. The summed E-state index contributed by atoms with van der Waals surface area (Å²) in [6, 6.07) is 0.0460. The van der Waals surface area contributed by atoms with Gasteiger partial charge in [0.05, 0.1) is 6.54 Å². The SMILES string of the molecule is CC(C)NC(=O)c1c(N)nsc1NCc1ncc[nH]1. The van der Waals surface area contributed by atoms with Gasteiger partial charge in [-0.15, -0.1) is 0 Å². The number of amides is 1. The highest BCUT2D eigenvalue weighted by Crippen LogP contribution is 2.27. The summed E-state index contributed by atoms with van der Waals surface area (Å²) in [5, 5.41) is 6.56. The first-order chi connectivity index (χ1) is 9.08. The fourth-order valence-corrected chi connectivity index (χ4v) is 2.24. The predicted octanol–water partition coefficient (Wildman–Crippen LogP) is 1.20. The lowest BCUT2D eigenvalue weighted by Crippen LogP contribution is -2.30. The predicted molar refractivity (Wildman–Crippen MR) is 75.0 cm³/mol. The first kappa shape index (κ1) is 13.3. The molecule has 0 unspecified atom stereocenters. The normalized spacial score (nSPS) is 10.7.